The Bertz CT molecular complexity index is 1320. The molecule has 5 rings (SSSR count). The molecular weight excluding hydrogens is 437 g/mol. The number of nitrogens with zero attached hydrogens (tertiary/aromatic N) is 6. The maximum atomic E-state index is 13.9. The summed E-state index contributed by atoms with van der Waals surface area (Å²) < 4.78 is 77.8. The number of pyridine rings is 2. The number of likely N-dealkylation sites (tertiary alicyclic amines) is 1. The molecule has 0 N–H and O–H groups in total. The summed E-state index contributed by atoms with van der Waals surface area (Å²) in [7, 11) is 0. The van der Waals surface area contributed by atoms with Crippen LogP contribution in [-0.2, 0) is 6.18 Å². The lowest BCUT2D eigenvalue weighted by molar-refractivity contribution is -0.137. The average molecular weight is 462 g/mol. The number of hydrogen-bond acceptors (Lipinski definition) is 6. The molecule has 0 spiro atoms. The molecule has 4 heterocycles. The molecule has 8 nitrogen and oxygen atoms in total. The molecule has 11 heteroatoms. The number of piperidine rings is 1. The first-order valence-electron chi connectivity index (χ1n) is 12.2. The van der Waals surface area contributed by atoms with E-state index >= 15 is 0 Å². The number of rotatable bonds is 4. The number of hydrogen-bond donors (Lipinski definition) is 0. The molecule has 0 aromatic carbocycles. The van der Waals surface area contributed by atoms with Crippen LogP contribution in [-0.4, -0.2) is 53.9 Å². The van der Waals surface area contributed by atoms with Crippen molar-refractivity contribution in [1.29, 1.82) is 0 Å². The number of carbonyl (C=O) groups excluding carboxylic acids is 1. The van der Waals surface area contributed by atoms with Crippen molar-refractivity contribution in [1.82, 2.24) is 29.9 Å². The normalized spacial score (nSPS) is 28.7. The molecule has 1 saturated carbocycles. The Morgan fingerprint density at radius 3 is 2.67 bits per heavy atom. The second-order valence-corrected chi connectivity index (χ2v) is 8.03. The van der Waals surface area contributed by atoms with Gasteiger partial charge in [-0.2, -0.15) is 23.4 Å². The standard InChI is InChI=1S/C22H21F3N6O2/c1-12-7-17(31-28-5-6-29-31)20(27-10-12)21(32)30-13(2)14-8-16(30)18(9-14)33-19-4-3-15(11-26-19)22(23,24)25/h3-7,10-11,13-14,16,18H,8-9H2,1-2H3/i2D3,13D. The first kappa shape index (κ1) is 17.0. The van der Waals surface area contributed by atoms with Crippen molar-refractivity contribution in [2.45, 2.75) is 51.0 Å². The summed E-state index contributed by atoms with van der Waals surface area (Å²) in [6, 6.07) is 0.414. The Balaban J connectivity index is 1.50. The summed E-state index contributed by atoms with van der Waals surface area (Å²) in [5.41, 5.74) is -0.161. The van der Waals surface area contributed by atoms with Gasteiger partial charge in [-0.25, -0.2) is 9.97 Å². The van der Waals surface area contributed by atoms with E-state index in [1.807, 2.05) is 0 Å². The van der Waals surface area contributed by atoms with E-state index in [0.29, 0.717) is 11.8 Å². The van der Waals surface area contributed by atoms with E-state index in [2.05, 4.69) is 20.2 Å². The van der Waals surface area contributed by atoms with Gasteiger partial charge < -0.3 is 9.64 Å². The van der Waals surface area contributed by atoms with Crippen LogP contribution in [0.25, 0.3) is 5.69 Å². The molecule has 1 saturated heterocycles. The average Bonchev–Trinajstić information content (AvgIpc) is 3.54. The summed E-state index contributed by atoms with van der Waals surface area (Å²) in [5.74, 6) is -1.68. The van der Waals surface area contributed by atoms with Crippen LogP contribution < -0.4 is 4.74 Å². The van der Waals surface area contributed by atoms with Gasteiger partial charge in [-0.15, -0.1) is 4.80 Å². The Hall–Kier alpha value is -3.50. The van der Waals surface area contributed by atoms with Crippen molar-refractivity contribution in [3.63, 3.8) is 0 Å². The number of fused-ring (bicyclic) bond motifs is 2. The Labute approximate surface area is 193 Å². The van der Waals surface area contributed by atoms with E-state index in [-0.39, 0.29) is 30.1 Å². The fourth-order valence-corrected chi connectivity index (χ4v) is 4.33. The Kier molecular flexibility index (Phi) is 4.04. The summed E-state index contributed by atoms with van der Waals surface area (Å²) in [4.78, 5) is 24.0. The van der Waals surface area contributed by atoms with Gasteiger partial charge in [0.25, 0.3) is 5.91 Å². The van der Waals surface area contributed by atoms with Gasteiger partial charge in [-0.3, -0.25) is 4.79 Å². The highest BCUT2D eigenvalue weighted by atomic mass is 19.4. The third-order valence-electron chi connectivity index (χ3n) is 5.85. The van der Waals surface area contributed by atoms with E-state index in [1.165, 1.54) is 23.4 Å². The van der Waals surface area contributed by atoms with E-state index in [4.69, 9.17) is 10.2 Å². The van der Waals surface area contributed by atoms with Gasteiger partial charge in [0.05, 0.1) is 25.4 Å². The van der Waals surface area contributed by atoms with Crippen molar-refractivity contribution in [2.24, 2.45) is 5.92 Å². The molecule has 3 aromatic heterocycles. The molecule has 3 aromatic rings. The zero-order chi connectivity index (χ0) is 26.8. The minimum Gasteiger partial charge on any atom is -0.472 e. The molecule has 1 aliphatic heterocycles. The third-order valence-corrected chi connectivity index (χ3v) is 5.85. The highest BCUT2D eigenvalue weighted by Crippen LogP contribution is 2.44. The number of amides is 1. The lowest BCUT2D eigenvalue weighted by atomic mass is 9.98. The Morgan fingerprint density at radius 1 is 1.21 bits per heavy atom. The fraction of sp³-hybridized carbons (Fsp3) is 0.409. The maximum Gasteiger partial charge on any atom is 0.417 e. The van der Waals surface area contributed by atoms with E-state index in [1.54, 1.807) is 13.0 Å². The van der Waals surface area contributed by atoms with Crippen molar-refractivity contribution in [2.75, 3.05) is 0 Å². The van der Waals surface area contributed by atoms with Gasteiger partial charge in [-0.1, -0.05) is 0 Å². The Morgan fingerprint density at radius 2 is 2.00 bits per heavy atom. The minimum absolute atomic E-state index is 0.0997. The van der Waals surface area contributed by atoms with Crippen molar-refractivity contribution in [3.8, 4) is 11.6 Å². The summed E-state index contributed by atoms with van der Waals surface area (Å²) in [6.07, 6.45) is -0.158. The van der Waals surface area contributed by atoms with Gasteiger partial charge in [0.15, 0.2) is 5.69 Å². The highest BCUT2D eigenvalue weighted by molar-refractivity contribution is 5.96. The summed E-state index contributed by atoms with van der Waals surface area (Å²) >= 11 is 0. The SMILES string of the molecule is [2H]C([2H])([2H])C1([2H])C2CC(Oc3ccc(C(F)(F)F)cn3)C(C2)N1C(=O)c1ncc(C)cc1-n1nccn1. The molecular formula is C22H21F3N6O2. The van der Waals surface area contributed by atoms with Crippen LogP contribution in [0.4, 0.5) is 13.2 Å². The van der Waals surface area contributed by atoms with Crippen LogP contribution in [0.5, 0.6) is 5.88 Å². The molecule has 1 amide bonds. The number of aromatic nitrogens is 5. The largest absolute Gasteiger partial charge is 0.472 e. The molecule has 2 aliphatic rings. The summed E-state index contributed by atoms with van der Waals surface area (Å²) in [5, 5.41) is 8.10. The van der Waals surface area contributed by atoms with Gasteiger partial charge >= 0.3 is 6.18 Å². The molecule has 2 fully saturated rings. The summed E-state index contributed by atoms with van der Waals surface area (Å²) in [6.45, 7) is -1.10. The topological polar surface area (TPSA) is 86.0 Å². The smallest absolute Gasteiger partial charge is 0.417 e. The van der Waals surface area contributed by atoms with Crippen LogP contribution in [0.15, 0.2) is 43.0 Å². The van der Waals surface area contributed by atoms with Crippen molar-refractivity contribution < 1.29 is 28.2 Å². The second kappa shape index (κ2) is 7.82. The molecule has 4 unspecified atom stereocenters. The van der Waals surface area contributed by atoms with Crippen LogP contribution in [0.3, 0.4) is 0 Å². The monoisotopic (exact) mass is 462 g/mol. The minimum atomic E-state index is -4.56. The van der Waals surface area contributed by atoms with Gasteiger partial charge in [0, 0.05) is 28.6 Å². The fourth-order valence-electron chi connectivity index (χ4n) is 4.33. The molecule has 172 valence electrons. The highest BCUT2D eigenvalue weighted by Gasteiger charge is 2.53. The van der Waals surface area contributed by atoms with Gasteiger partial charge in [0.1, 0.15) is 11.8 Å². The second-order valence-electron chi connectivity index (χ2n) is 8.03. The van der Waals surface area contributed by atoms with Crippen molar-refractivity contribution in [3.05, 3.63) is 59.8 Å². The maximum absolute atomic E-state index is 13.9. The molecule has 4 atom stereocenters. The number of carbonyl (C=O) groups is 1. The third kappa shape index (κ3) is 3.81. The zero-order valence-corrected chi connectivity index (χ0v) is 17.3. The zero-order valence-electron chi connectivity index (χ0n) is 21.3. The van der Waals surface area contributed by atoms with Crippen LogP contribution in [0, 0.1) is 12.8 Å². The molecule has 1 aliphatic carbocycles. The molecule has 33 heavy (non-hydrogen) atoms. The van der Waals surface area contributed by atoms with Gasteiger partial charge in [0.2, 0.25) is 5.88 Å². The number of alkyl halides is 3. The van der Waals surface area contributed by atoms with Gasteiger partial charge in [-0.05, 0) is 50.2 Å². The lowest BCUT2D eigenvalue weighted by Gasteiger charge is -2.37. The van der Waals surface area contributed by atoms with E-state index < -0.39 is 48.6 Å². The first-order valence-corrected chi connectivity index (χ1v) is 10.2. The molecule has 2 bridgehead atoms. The number of ether oxygens (including phenoxy) is 1. The van der Waals surface area contributed by atoms with Crippen LogP contribution in [0.1, 0.15) is 46.8 Å². The van der Waals surface area contributed by atoms with Crippen molar-refractivity contribution >= 4 is 5.91 Å². The van der Waals surface area contributed by atoms with Crippen LogP contribution >= 0.6 is 0 Å². The predicted octanol–water partition coefficient (Wildman–Crippen LogP) is 3.46. The molecule has 0 radical (unpaired) electrons. The number of halogens is 3. The first-order chi connectivity index (χ1) is 17.3. The lowest BCUT2D eigenvalue weighted by Crippen LogP contribution is -2.51. The predicted molar refractivity (Wildman–Crippen MR) is 110 cm³/mol. The quantitative estimate of drug-likeness (QED) is 0.590. The van der Waals surface area contributed by atoms with E-state index in [9.17, 15) is 18.0 Å². The number of aryl methyl sites for hydroxylation is 1. The van der Waals surface area contributed by atoms with E-state index in [0.717, 1.165) is 17.0 Å². The van der Waals surface area contributed by atoms with Crippen LogP contribution in [0.2, 0.25) is 0 Å².